The molecular weight excluding hydrogens is 957 g/mol. The predicted octanol–water partition coefficient (Wildman–Crippen LogP) is 10.2. The summed E-state index contributed by atoms with van der Waals surface area (Å²) >= 11 is 0. The highest BCUT2D eigenvalue weighted by Crippen LogP contribution is 2.54. The first-order chi connectivity index (χ1) is 34.8. The third-order valence-corrected chi connectivity index (χ3v) is 11.8. The number of Topliss-reactive ketones (excluding diaryl/α,β-unsaturated/α-hetero) is 1. The normalized spacial score (nSPS) is 15.0. The Hall–Kier alpha value is -8.60. The average Bonchev–Trinajstić information content (AvgIpc) is 3.27. The Labute approximate surface area is 426 Å². The molecule has 5 aromatic rings. The largest absolute Gasteiger partial charge is 0.507 e. The predicted molar refractivity (Wildman–Crippen MR) is 270 cm³/mol. The van der Waals surface area contributed by atoms with Gasteiger partial charge in [0.15, 0.2) is 5.78 Å². The van der Waals surface area contributed by atoms with Crippen LogP contribution in [0, 0.1) is 5.92 Å². The molecule has 1 aliphatic carbocycles. The Morgan fingerprint density at radius 3 is 1.69 bits per heavy atom. The molecule has 386 valence electrons. The van der Waals surface area contributed by atoms with Gasteiger partial charge in [0.05, 0.1) is 11.1 Å². The lowest BCUT2D eigenvalue weighted by Crippen LogP contribution is -2.32. The quantitative estimate of drug-likeness (QED) is 0.0428. The van der Waals surface area contributed by atoms with Crippen molar-refractivity contribution in [2.45, 2.75) is 107 Å². The molecule has 17 nitrogen and oxygen atoms in total. The number of fused-ring (bicyclic) bond motifs is 1. The van der Waals surface area contributed by atoms with Gasteiger partial charge in [-0.3, -0.25) is 38.4 Å². The topological polar surface area (TPSA) is 246 Å². The minimum Gasteiger partial charge on any atom is -0.507 e. The molecule has 1 heterocycles. The maximum Gasteiger partial charge on any atom is 0.308 e. The molecule has 74 heavy (non-hydrogen) atoms. The number of ketones is 1. The molecule has 1 aromatic heterocycles. The fourth-order valence-electron chi connectivity index (χ4n) is 8.96. The van der Waals surface area contributed by atoms with Gasteiger partial charge in [0, 0.05) is 94.2 Å². The van der Waals surface area contributed by atoms with Crippen molar-refractivity contribution in [2.24, 2.45) is 5.92 Å². The first-order valence-electron chi connectivity index (χ1n) is 23.4. The Morgan fingerprint density at radius 1 is 0.608 bits per heavy atom. The van der Waals surface area contributed by atoms with E-state index in [4.69, 9.17) is 32.8 Å². The van der Waals surface area contributed by atoms with Crippen molar-refractivity contribution in [3.8, 4) is 57.3 Å². The van der Waals surface area contributed by atoms with Gasteiger partial charge < -0.3 is 43.1 Å². The number of esters is 6. The van der Waals surface area contributed by atoms with Gasteiger partial charge in [0.2, 0.25) is 5.43 Å². The van der Waals surface area contributed by atoms with E-state index in [1.165, 1.54) is 69.3 Å². The van der Waals surface area contributed by atoms with E-state index in [2.05, 4.69) is 0 Å². The standard InChI is InChI=1S/C57H56O17/c1-27(2)12-16-39-46(70-32(8)60)21-20-41(53(39)65)54(66)50-43(38-18-14-36(68-30(6)58)24-47(38)71-33(9)61)22-29(5)23-44(50)51-49(73-35(11)63)26-45(64)52-55(67)42(17-13-28(3)4)56(74-57(51)52)40-19-15-37(69-31(7)59)25-48(40)72-34(10)62/h12-15,18-21,23-26,43-44,50,64-65H,16-17,22H2,1-11H3/t43?,44-,50-/m0/s1. The fraction of sp³-hybridized carbons (Fsp3) is 0.298. The van der Waals surface area contributed by atoms with Gasteiger partial charge in [-0.25, -0.2) is 0 Å². The second kappa shape index (κ2) is 22.9. The average molecular weight is 1010 g/mol. The van der Waals surface area contributed by atoms with Crippen molar-refractivity contribution in [3.05, 3.63) is 128 Å². The SMILES string of the molecule is CC(=O)Oc1ccc(-c2oc3c([C@H]4C=C(C)CC(c5ccc(OC(C)=O)cc5OC(C)=O)[C@@H]4C(=O)c4ccc(OC(C)=O)c(CC=C(C)C)c4O)c(OC(C)=O)cc(O)c3c(=O)c2CC=C(C)C)c(OC(C)=O)c1. The van der Waals surface area contributed by atoms with Crippen molar-refractivity contribution in [2.75, 3.05) is 0 Å². The molecule has 0 fully saturated rings. The van der Waals surface area contributed by atoms with Crippen LogP contribution in [0.1, 0.15) is 127 Å². The highest BCUT2D eigenvalue weighted by atomic mass is 16.6. The molecule has 0 radical (unpaired) electrons. The number of aromatic hydroxyl groups is 2. The highest BCUT2D eigenvalue weighted by Gasteiger charge is 2.45. The number of ether oxygens (including phenoxy) is 6. The molecule has 3 atom stereocenters. The Kier molecular flexibility index (Phi) is 16.9. The summed E-state index contributed by atoms with van der Waals surface area (Å²) in [6.07, 6.45) is 5.24. The van der Waals surface area contributed by atoms with Crippen molar-refractivity contribution in [1.29, 1.82) is 0 Å². The molecule has 1 aliphatic rings. The second-order valence-corrected chi connectivity index (χ2v) is 18.3. The number of phenolic OH excluding ortho intramolecular Hbond substituents is 2. The van der Waals surface area contributed by atoms with Gasteiger partial charge in [-0.1, -0.05) is 41.0 Å². The van der Waals surface area contributed by atoms with E-state index >= 15 is 9.59 Å². The van der Waals surface area contributed by atoms with Crippen LogP contribution in [0.25, 0.3) is 22.3 Å². The molecule has 0 aliphatic heterocycles. The van der Waals surface area contributed by atoms with Gasteiger partial charge in [0.25, 0.3) is 0 Å². The number of benzene rings is 4. The zero-order valence-electron chi connectivity index (χ0n) is 42.8. The lowest BCUT2D eigenvalue weighted by molar-refractivity contribution is -0.133. The van der Waals surface area contributed by atoms with E-state index in [1.54, 1.807) is 39.0 Å². The number of hydrogen-bond acceptors (Lipinski definition) is 17. The van der Waals surface area contributed by atoms with Crippen molar-refractivity contribution >= 4 is 52.6 Å². The maximum absolute atomic E-state index is 16.0. The summed E-state index contributed by atoms with van der Waals surface area (Å²) in [6.45, 7) is 16.0. The fourth-order valence-corrected chi connectivity index (χ4v) is 8.96. The number of rotatable bonds is 15. The molecule has 0 saturated heterocycles. The minimum absolute atomic E-state index is 0.0105. The lowest BCUT2D eigenvalue weighted by atomic mass is 9.65. The molecule has 0 amide bonds. The molecule has 4 aromatic carbocycles. The number of carbonyl (C=O) groups is 7. The molecule has 2 N–H and O–H groups in total. The van der Waals surface area contributed by atoms with Crippen LogP contribution >= 0.6 is 0 Å². The highest BCUT2D eigenvalue weighted by molar-refractivity contribution is 6.03. The zero-order chi connectivity index (χ0) is 54.5. The van der Waals surface area contributed by atoms with E-state index in [1.807, 2.05) is 13.8 Å². The van der Waals surface area contributed by atoms with Gasteiger partial charge in [-0.15, -0.1) is 0 Å². The zero-order valence-corrected chi connectivity index (χ0v) is 42.8. The maximum atomic E-state index is 16.0. The minimum atomic E-state index is -1.42. The van der Waals surface area contributed by atoms with Crippen molar-refractivity contribution in [3.63, 3.8) is 0 Å². The number of hydrogen-bond donors (Lipinski definition) is 2. The van der Waals surface area contributed by atoms with Gasteiger partial charge in [0.1, 0.15) is 62.7 Å². The summed E-state index contributed by atoms with van der Waals surface area (Å²) in [5.41, 5.74) is 1.18. The lowest BCUT2D eigenvalue weighted by Gasteiger charge is -2.38. The summed E-state index contributed by atoms with van der Waals surface area (Å²) in [6, 6.07) is 12.1. The molecule has 0 saturated carbocycles. The van der Waals surface area contributed by atoms with Crippen LogP contribution < -0.4 is 33.8 Å². The Morgan fingerprint density at radius 2 is 1.12 bits per heavy atom. The molecule has 6 rings (SSSR count). The first kappa shape index (κ1) is 54.7. The van der Waals surface area contributed by atoms with Gasteiger partial charge >= 0.3 is 35.8 Å². The van der Waals surface area contributed by atoms with E-state index in [0.29, 0.717) is 5.57 Å². The summed E-state index contributed by atoms with van der Waals surface area (Å²) < 4.78 is 40.2. The van der Waals surface area contributed by atoms with Crippen LogP contribution in [-0.4, -0.2) is 51.8 Å². The van der Waals surface area contributed by atoms with Gasteiger partial charge in [-0.05, 0) is 89.8 Å². The van der Waals surface area contributed by atoms with Crippen LogP contribution in [0.3, 0.4) is 0 Å². The van der Waals surface area contributed by atoms with Gasteiger partial charge in [-0.2, -0.15) is 0 Å². The van der Waals surface area contributed by atoms with Crippen LogP contribution in [0.4, 0.5) is 0 Å². The van der Waals surface area contributed by atoms with Crippen LogP contribution in [0.2, 0.25) is 0 Å². The van der Waals surface area contributed by atoms with E-state index < -0.39 is 76.3 Å². The molecule has 1 unspecified atom stereocenters. The number of allylic oxidation sites excluding steroid dienone is 6. The molecular formula is C57H56O17. The van der Waals surface area contributed by atoms with E-state index in [0.717, 1.165) is 38.0 Å². The van der Waals surface area contributed by atoms with Crippen LogP contribution in [0.5, 0.6) is 46.0 Å². The van der Waals surface area contributed by atoms with Crippen molar-refractivity contribution < 1.29 is 76.6 Å². The molecule has 17 heteroatoms. The van der Waals surface area contributed by atoms with Crippen molar-refractivity contribution in [1.82, 2.24) is 0 Å². The Balaban J connectivity index is 1.80. The summed E-state index contributed by atoms with van der Waals surface area (Å²) in [7, 11) is 0. The molecule has 0 bridgehead atoms. The molecule has 0 spiro atoms. The smallest absolute Gasteiger partial charge is 0.308 e. The Bertz CT molecular complexity index is 3300. The monoisotopic (exact) mass is 1010 g/mol. The summed E-state index contributed by atoms with van der Waals surface area (Å²) in [5, 5.41) is 23.7. The second-order valence-electron chi connectivity index (χ2n) is 18.3. The number of phenols is 2. The number of carbonyl (C=O) groups excluding carboxylic acids is 7. The van der Waals surface area contributed by atoms with Crippen LogP contribution in [0.15, 0.2) is 98.8 Å². The summed E-state index contributed by atoms with van der Waals surface area (Å²) in [5.74, 6) is -10.9. The van der Waals surface area contributed by atoms with E-state index in [-0.39, 0.29) is 104 Å². The first-order valence-corrected chi connectivity index (χ1v) is 23.4. The third-order valence-electron chi connectivity index (χ3n) is 11.8. The van der Waals surface area contributed by atoms with Crippen LogP contribution in [-0.2, 0) is 41.6 Å². The summed E-state index contributed by atoms with van der Waals surface area (Å²) in [4.78, 5) is 106. The van der Waals surface area contributed by atoms with E-state index in [9.17, 15) is 39.0 Å². The third kappa shape index (κ3) is 12.5.